The molecule has 2 aromatic rings. The highest BCUT2D eigenvalue weighted by Crippen LogP contribution is 2.24. The largest absolute Gasteiger partial charge is 0.497 e. The van der Waals surface area contributed by atoms with Crippen LogP contribution in [0.4, 0.5) is 0 Å². The summed E-state index contributed by atoms with van der Waals surface area (Å²) in [7, 11) is 3.20. The van der Waals surface area contributed by atoms with Crippen molar-refractivity contribution in [2.24, 2.45) is 0 Å². The second-order valence-electron chi connectivity index (χ2n) is 4.73. The van der Waals surface area contributed by atoms with Gasteiger partial charge in [0.25, 0.3) is 5.91 Å². The molecule has 1 amide bonds. The molecule has 0 fully saturated rings. The Bertz CT molecular complexity index is 620. The fraction of sp³-hybridized carbons (Fsp3) is 0.235. The Morgan fingerprint density at radius 3 is 2.38 bits per heavy atom. The summed E-state index contributed by atoms with van der Waals surface area (Å²) in [5.74, 6) is 1.31. The number of carbonyl (C=O) groups excluding carboxylic acids is 1. The standard InChI is InChI=1S/C17H19NO3/c1-12-4-6-13(7-5-12)17(19)18-11-14-8-9-15(20-2)10-16(14)21-3/h4-10H,11H2,1-3H3,(H,18,19). The fourth-order valence-electron chi connectivity index (χ4n) is 1.98. The molecule has 0 aromatic heterocycles. The average molecular weight is 285 g/mol. The first-order chi connectivity index (χ1) is 10.1. The third kappa shape index (κ3) is 3.75. The normalized spacial score (nSPS) is 10.0. The molecule has 0 unspecified atom stereocenters. The van der Waals surface area contributed by atoms with Crippen LogP contribution in [0.15, 0.2) is 42.5 Å². The predicted molar refractivity (Wildman–Crippen MR) is 81.9 cm³/mol. The van der Waals surface area contributed by atoms with Gasteiger partial charge in [-0.3, -0.25) is 4.79 Å². The molecule has 1 N–H and O–H groups in total. The molecule has 0 heterocycles. The molecule has 0 aliphatic carbocycles. The Morgan fingerprint density at radius 2 is 1.76 bits per heavy atom. The van der Waals surface area contributed by atoms with Crippen molar-refractivity contribution in [3.63, 3.8) is 0 Å². The molecule has 0 saturated carbocycles. The van der Waals surface area contributed by atoms with Gasteiger partial charge >= 0.3 is 0 Å². The lowest BCUT2D eigenvalue weighted by Crippen LogP contribution is -2.23. The van der Waals surface area contributed by atoms with Crippen LogP contribution in [0.5, 0.6) is 11.5 Å². The van der Waals surface area contributed by atoms with Crippen LogP contribution >= 0.6 is 0 Å². The van der Waals surface area contributed by atoms with Crippen LogP contribution in [0.3, 0.4) is 0 Å². The number of benzene rings is 2. The maximum atomic E-state index is 12.1. The first-order valence-electron chi connectivity index (χ1n) is 6.70. The maximum absolute atomic E-state index is 12.1. The summed E-state index contributed by atoms with van der Waals surface area (Å²) in [6.45, 7) is 2.39. The van der Waals surface area contributed by atoms with Crippen molar-refractivity contribution in [3.8, 4) is 11.5 Å². The van der Waals surface area contributed by atoms with Gasteiger partial charge in [0.15, 0.2) is 0 Å². The number of carbonyl (C=O) groups is 1. The zero-order valence-corrected chi connectivity index (χ0v) is 12.5. The molecule has 110 valence electrons. The van der Waals surface area contributed by atoms with E-state index in [0.29, 0.717) is 17.9 Å². The highest BCUT2D eigenvalue weighted by molar-refractivity contribution is 5.94. The van der Waals surface area contributed by atoms with Gasteiger partial charge in [-0.2, -0.15) is 0 Å². The first kappa shape index (κ1) is 14.9. The van der Waals surface area contributed by atoms with Gasteiger partial charge < -0.3 is 14.8 Å². The van der Waals surface area contributed by atoms with Gasteiger partial charge in [0, 0.05) is 23.7 Å². The average Bonchev–Trinajstić information content (AvgIpc) is 2.53. The number of rotatable bonds is 5. The third-order valence-corrected chi connectivity index (χ3v) is 3.25. The van der Waals surface area contributed by atoms with Crippen molar-refractivity contribution in [2.45, 2.75) is 13.5 Å². The number of methoxy groups -OCH3 is 2. The lowest BCUT2D eigenvalue weighted by atomic mass is 10.1. The third-order valence-electron chi connectivity index (χ3n) is 3.25. The zero-order valence-electron chi connectivity index (χ0n) is 12.5. The van der Waals surface area contributed by atoms with E-state index >= 15 is 0 Å². The summed E-state index contributed by atoms with van der Waals surface area (Å²) in [6.07, 6.45) is 0. The fourth-order valence-corrected chi connectivity index (χ4v) is 1.98. The van der Waals surface area contributed by atoms with E-state index < -0.39 is 0 Å². The van der Waals surface area contributed by atoms with Crippen LogP contribution in [0, 0.1) is 6.92 Å². The van der Waals surface area contributed by atoms with E-state index in [0.717, 1.165) is 16.9 Å². The molecule has 4 heteroatoms. The van der Waals surface area contributed by atoms with Gasteiger partial charge in [-0.15, -0.1) is 0 Å². The Kier molecular flexibility index (Phi) is 4.82. The second kappa shape index (κ2) is 6.79. The smallest absolute Gasteiger partial charge is 0.251 e. The van der Waals surface area contributed by atoms with E-state index in [1.165, 1.54) is 0 Å². The van der Waals surface area contributed by atoms with Crippen molar-refractivity contribution in [1.29, 1.82) is 0 Å². The van der Waals surface area contributed by atoms with Gasteiger partial charge in [0.2, 0.25) is 0 Å². The van der Waals surface area contributed by atoms with Gasteiger partial charge in [-0.05, 0) is 31.2 Å². The zero-order chi connectivity index (χ0) is 15.2. The SMILES string of the molecule is COc1ccc(CNC(=O)c2ccc(C)cc2)c(OC)c1. The Labute approximate surface area is 124 Å². The molecule has 0 saturated heterocycles. The molecule has 0 bridgehead atoms. The Hall–Kier alpha value is -2.49. The van der Waals surface area contributed by atoms with Crippen LogP contribution < -0.4 is 14.8 Å². The summed E-state index contributed by atoms with van der Waals surface area (Å²) in [5, 5.41) is 2.89. The van der Waals surface area contributed by atoms with Crippen LogP contribution in [0.1, 0.15) is 21.5 Å². The van der Waals surface area contributed by atoms with E-state index in [1.807, 2.05) is 43.3 Å². The van der Waals surface area contributed by atoms with Crippen molar-refractivity contribution < 1.29 is 14.3 Å². The number of hydrogen-bond donors (Lipinski definition) is 1. The minimum absolute atomic E-state index is 0.104. The second-order valence-corrected chi connectivity index (χ2v) is 4.73. The van der Waals surface area contributed by atoms with Crippen LogP contribution in [-0.2, 0) is 6.54 Å². The van der Waals surface area contributed by atoms with E-state index in [2.05, 4.69) is 5.32 Å². The number of nitrogens with one attached hydrogen (secondary N) is 1. The van der Waals surface area contributed by atoms with Crippen LogP contribution in [0.25, 0.3) is 0 Å². The van der Waals surface area contributed by atoms with Crippen molar-refractivity contribution in [2.75, 3.05) is 14.2 Å². The molecule has 0 spiro atoms. The molecule has 2 aromatic carbocycles. The molecule has 21 heavy (non-hydrogen) atoms. The molecule has 0 aliphatic rings. The number of hydrogen-bond acceptors (Lipinski definition) is 3. The summed E-state index contributed by atoms with van der Waals surface area (Å²) in [4.78, 5) is 12.1. The number of ether oxygens (including phenoxy) is 2. The molecule has 0 aliphatic heterocycles. The van der Waals surface area contributed by atoms with Gasteiger partial charge in [0.05, 0.1) is 14.2 Å². The minimum atomic E-state index is -0.104. The summed E-state index contributed by atoms with van der Waals surface area (Å²) >= 11 is 0. The molecule has 2 rings (SSSR count). The number of aryl methyl sites for hydroxylation is 1. The highest BCUT2D eigenvalue weighted by Gasteiger charge is 2.08. The quantitative estimate of drug-likeness (QED) is 0.918. The summed E-state index contributed by atoms with van der Waals surface area (Å²) in [6, 6.07) is 13.0. The maximum Gasteiger partial charge on any atom is 0.251 e. The molecule has 0 atom stereocenters. The highest BCUT2D eigenvalue weighted by atomic mass is 16.5. The molecular formula is C17H19NO3. The van der Waals surface area contributed by atoms with E-state index in [-0.39, 0.29) is 5.91 Å². The van der Waals surface area contributed by atoms with Crippen molar-refractivity contribution in [1.82, 2.24) is 5.32 Å². The van der Waals surface area contributed by atoms with E-state index in [1.54, 1.807) is 20.3 Å². The predicted octanol–water partition coefficient (Wildman–Crippen LogP) is 2.94. The lowest BCUT2D eigenvalue weighted by molar-refractivity contribution is 0.0950. The summed E-state index contributed by atoms with van der Waals surface area (Å²) < 4.78 is 10.5. The Balaban J connectivity index is 2.05. The lowest BCUT2D eigenvalue weighted by Gasteiger charge is -2.11. The minimum Gasteiger partial charge on any atom is -0.497 e. The molecule has 0 radical (unpaired) electrons. The summed E-state index contributed by atoms with van der Waals surface area (Å²) in [5.41, 5.74) is 2.68. The van der Waals surface area contributed by atoms with Gasteiger partial charge in [0.1, 0.15) is 11.5 Å². The van der Waals surface area contributed by atoms with Gasteiger partial charge in [-0.25, -0.2) is 0 Å². The number of amides is 1. The molecular weight excluding hydrogens is 266 g/mol. The van der Waals surface area contributed by atoms with E-state index in [9.17, 15) is 4.79 Å². The van der Waals surface area contributed by atoms with Crippen molar-refractivity contribution >= 4 is 5.91 Å². The van der Waals surface area contributed by atoms with E-state index in [4.69, 9.17) is 9.47 Å². The molecule has 4 nitrogen and oxygen atoms in total. The van der Waals surface area contributed by atoms with Gasteiger partial charge in [-0.1, -0.05) is 17.7 Å². The monoisotopic (exact) mass is 285 g/mol. The van der Waals surface area contributed by atoms with Crippen molar-refractivity contribution in [3.05, 3.63) is 59.2 Å². The topological polar surface area (TPSA) is 47.6 Å². The Morgan fingerprint density at radius 1 is 1.05 bits per heavy atom. The van der Waals surface area contributed by atoms with Crippen LogP contribution in [-0.4, -0.2) is 20.1 Å². The van der Waals surface area contributed by atoms with Crippen LogP contribution in [0.2, 0.25) is 0 Å². The first-order valence-corrected chi connectivity index (χ1v) is 6.70.